The smallest absolute Gasteiger partial charge is 0.229 e. The molecule has 17 heavy (non-hydrogen) atoms. The fourth-order valence-electron chi connectivity index (χ4n) is 2.45. The summed E-state index contributed by atoms with van der Waals surface area (Å²) in [4.78, 5) is 17.9. The Morgan fingerprint density at radius 3 is 2.76 bits per heavy atom. The van der Waals surface area contributed by atoms with E-state index in [-0.39, 0.29) is 11.8 Å². The van der Waals surface area contributed by atoms with Crippen LogP contribution in [0.2, 0.25) is 0 Å². The average molecular weight is 233 g/mol. The fraction of sp³-hybridized carbons (Fsp3) is 0.538. The van der Waals surface area contributed by atoms with Crippen LogP contribution in [0.15, 0.2) is 18.5 Å². The van der Waals surface area contributed by atoms with Gasteiger partial charge in [0.15, 0.2) is 0 Å². The van der Waals surface area contributed by atoms with E-state index in [4.69, 9.17) is 5.73 Å². The third-order valence-electron chi connectivity index (χ3n) is 3.47. The molecule has 1 aliphatic carbocycles. The molecular formula is C13H19N3O. The van der Waals surface area contributed by atoms with Crippen LogP contribution in [0.25, 0.3) is 0 Å². The number of pyridine rings is 1. The molecule has 0 bridgehead atoms. The lowest BCUT2D eigenvalue weighted by atomic mass is 9.88. The van der Waals surface area contributed by atoms with Crippen LogP contribution in [0.5, 0.6) is 0 Å². The van der Waals surface area contributed by atoms with Crippen LogP contribution in [0.3, 0.4) is 0 Å². The molecule has 0 unspecified atom stereocenters. The van der Waals surface area contributed by atoms with Gasteiger partial charge in [-0.05, 0) is 18.9 Å². The van der Waals surface area contributed by atoms with E-state index >= 15 is 0 Å². The fourth-order valence-corrected chi connectivity index (χ4v) is 2.45. The Balaban J connectivity index is 2.11. The van der Waals surface area contributed by atoms with Crippen molar-refractivity contribution in [3.8, 4) is 0 Å². The maximum Gasteiger partial charge on any atom is 0.229 e. The van der Waals surface area contributed by atoms with E-state index < -0.39 is 0 Å². The molecule has 0 atom stereocenters. The van der Waals surface area contributed by atoms with Crippen LogP contribution >= 0.6 is 0 Å². The van der Waals surface area contributed by atoms with Crippen molar-refractivity contribution >= 4 is 17.3 Å². The van der Waals surface area contributed by atoms with E-state index in [1.54, 1.807) is 30.4 Å². The molecule has 92 valence electrons. The van der Waals surface area contributed by atoms with Crippen LogP contribution in [-0.2, 0) is 4.79 Å². The molecule has 2 rings (SSSR count). The number of anilines is 2. The second-order valence-electron chi connectivity index (χ2n) is 4.67. The van der Waals surface area contributed by atoms with Gasteiger partial charge in [0.2, 0.25) is 5.91 Å². The summed E-state index contributed by atoms with van der Waals surface area (Å²) in [7, 11) is 1.79. The maximum absolute atomic E-state index is 12.3. The van der Waals surface area contributed by atoms with E-state index in [9.17, 15) is 4.79 Å². The highest BCUT2D eigenvalue weighted by atomic mass is 16.2. The molecule has 1 aromatic heterocycles. The van der Waals surface area contributed by atoms with E-state index in [0.29, 0.717) is 5.69 Å². The van der Waals surface area contributed by atoms with Crippen LogP contribution in [0, 0.1) is 5.92 Å². The zero-order valence-electron chi connectivity index (χ0n) is 10.2. The first kappa shape index (κ1) is 11.9. The second-order valence-corrected chi connectivity index (χ2v) is 4.67. The number of carbonyl (C=O) groups is 1. The van der Waals surface area contributed by atoms with Crippen molar-refractivity contribution in [3.05, 3.63) is 18.5 Å². The molecule has 1 amide bonds. The number of carbonyl (C=O) groups excluding carboxylic acids is 1. The zero-order chi connectivity index (χ0) is 12.3. The van der Waals surface area contributed by atoms with Crippen molar-refractivity contribution in [2.45, 2.75) is 32.1 Å². The molecule has 0 aromatic carbocycles. The predicted molar refractivity (Wildman–Crippen MR) is 68.6 cm³/mol. The lowest BCUT2D eigenvalue weighted by Gasteiger charge is -2.27. The summed E-state index contributed by atoms with van der Waals surface area (Å²) in [5.74, 6) is 0.351. The average Bonchev–Trinajstić information content (AvgIpc) is 2.39. The van der Waals surface area contributed by atoms with Gasteiger partial charge in [-0.3, -0.25) is 9.78 Å². The number of rotatable bonds is 2. The minimum absolute atomic E-state index is 0.168. The summed E-state index contributed by atoms with van der Waals surface area (Å²) in [6.45, 7) is 0. The van der Waals surface area contributed by atoms with Crippen molar-refractivity contribution < 1.29 is 4.79 Å². The van der Waals surface area contributed by atoms with E-state index in [1.807, 2.05) is 0 Å². The summed E-state index contributed by atoms with van der Waals surface area (Å²) < 4.78 is 0. The standard InChI is InChI=1S/C13H19N3O/c1-16(12-7-8-15-9-11(12)14)13(17)10-5-3-2-4-6-10/h7-10H,2-6,14H2,1H3. The summed E-state index contributed by atoms with van der Waals surface area (Å²) in [5.41, 5.74) is 7.15. The second kappa shape index (κ2) is 5.17. The Hall–Kier alpha value is -1.58. The molecule has 1 saturated carbocycles. The Kier molecular flexibility index (Phi) is 3.61. The van der Waals surface area contributed by atoms with E-state index in [0.717, 1.165) is 31.4 Å². The Labute approximate surface area is 102 Å². The number of hydrogen-bond acceptors (Lipinski definition) is 3. The number of nitrogens with two attached hydrogens (primary N) is 1. The zero-order valence-corrected chi connectivity index (χ0v) is 10.2. The van der Waals surface area contributed by atoms with Crippen LogP contribution in [0.1, 0.15) is 32.1 Å². The van der Waals surface area contributed by atoms with Gasteiger partial charge in [0.05, 0.1) is 17.6 Å². The summed E-state index contributed by atoms with van der Waals surface area (Å²) >= 11 is 0. The third kappa shape index (κ3) is 2.57. The van der Waals surface area contributed by atoms with E-state index in [2.05, 4.69) is 4.98 Å². The van der Waals surface area contributed by atoms with Gasteiger partial charge in [0.1, 0.15) is 0 Å². The minimum Gasteiger partial charge on any atom is -0.396 e. The molecule has 1 aromatic rings. The normalized spacial score (nSPS) is 16.8. The minimum atomic E-state index is 0.168. The predicted octanol–water partition coefficient (Wildman–Crippen LogP) is 2.21. The third-order valence-corrected chi connectivity index (χ3v) is 3.47. The first-order chi connectivity index (χ1) is 8.20. The molecular weight excluding hydrogens is 214 g/mol. The Morgan fingerprint density at radius 1 is 1.41 bits per heavy atom. The molecule has 1 fully saturated rings. The molecule has 1 aliphatic rings. The van der Waals surface area contributed by atoms with Gasteiger partial charge in [0.25, 0.3) is 0 Å². The molecule has 4 nitrogen and oxygen atoms in total. The van der Waals surface area contributed by atoms with Crippen LogP contribution in [-0.4, -0.2) is 17.9 Å². The topological polar surface area (TPSA) is 59.2 Å². The summed E-state index contributed by atoms with van der Waals surface area (Å²) in [5, 5.41) is 0. The monoisotopic (exact) mass is 233 g/mol. The molecule has 1 heterocycles. The van der Waals surface area contributed by atoms with Gasteiger partial charge >= 0.3 is 0 Å². The van der Waals surface area contributed by atoms with Gasteiger partial charge in [-0.1, -0.05) is 19.3 Å². The van der Waals surface area contributed by atoms with Crippen molar-refractivity contribution in [1.82, 2.24) is 4.98 Å². The number of aromatic nitrogens is 1. The molecule has 2 N–H and O–H groups in total. The quantitative estimate of drug-likeness (QED) is 0.852. The number of amides is 1. The van der Waals surface area contributed by atoms with Gasteiger partial charge in [-0.15, -0.1) is 0 Å². The lowest BCUT2D eigenvalue weighted by Crippen LogP contribution is -2.34. The highest BCUT2D eigenvalue weighted by Crippen LogP contribution is 2.28. The summed E-state index contributed by atoms with van der Waals surface area (Å²) in [6, 6.07) is 1.79. The molecule has 0 spiro atoms. The maximum atomic E-state index is 12.3. The van der Waals surface area contributed by atoms with Gasteiger partial charge < -0.3 is 10.6 Å². The van der Waals surface area contributed by atoms with Crippen molar-refractivity contribution in [3.63, 3.8) is 0 Å². The lowest BCUT2D eigenvalue weighted by molar-refractivity contribution is -0.123. The number of nitrogens with zero attached hydrogens (tertiary/aromatic N) is 2. The number of nitrogen functional groups attached to an aromatic ring is 1. The van der Waals surface area contributed by atoms with Crippen molar-refractivity contribution in [2.24, 2.45) is 5.92 Å². The first-order valence-electron chi connectivity index (χ1n) is 6.17. The molecule has 0 aliphatic heterocycles. The van der Waals surface area contributed by atoms with E-state index in [1.165, 1.54) is 6.42 Å². The first-order valence-corrected chi connectivity index (χ1v) is 6.17. The highest BCUT2D eigenvalue weighted by molar-refractivity contribution is 5.97. The van der Waals surface area contributed by atoms with Crippen molar-refractivity contribution in [2.75, 3.05) is 17.7 Å². The van der Waals surface area contributed by atoms with Crippen molar-refractivity contribution in [1.29, 1.82) is 0 Å². The summed E-state index contributed by atoms with van der Waals surface area (Å²) in [6.07, 6.45) is 8.84. The SMILES string of the molecule is CN(C(=O)C1CCCCC1)c1ccncc1N. The Bertz CT molecular complexity index is 399. The Morgan fingerprint density at radius 2 is 2.12 bits per heavy atom. The number of hydrogen-bond donors (Lipinski definition) is 1. The van der Waals surface area contributed by atoms with Crippen LogP contribution in [0.4, 0.5) is 11.4 Å². The largest absolute Gasteiger partial charge is 0.396 e. The van der Waals surface area contributed by atoms with Gasteiger partial charge in [-0.25, -0.2) is 0 Å². The molecule has 0 saturated heterocycles. The van der Waals surface area contributed by atoms with Gasteiger partial charge in [0, 0.05) is 19.2 Å². The highest BCUT2D eigenvalue weighted by Gasteiger charge is 2.25. The molecule has 4 heteroatoms. The molecule has 0 radical (unpaired) electrons. The van der Waals surface area contributed by atoms with Crippen LogP contribution < -0.4 is 10.6 Å². The van der Waals surface area contributed by atoms with Gasteiger partial charge in [-0.2, -0.15) is 0 Å².